The van der Waals surface area contributed by atoms with Gasteiger partial charge in [-0.15, -0.1) is 0 Å². The van der Waals surface area contributed by atoms with Crippen molar-refractivity contribution < 1.29 is 0 Å². The minimum atomic E-state index is 0.391. The lowest BCUT2D eigenvalue weighted by molar-refractivity contribution is 0.396. The Balaban J connectivity index is 2.39. The van der Waals surface area contributed by atoms with Gasteiger partial charge in [-0.1, -0.05) is 44.5 Å². The molecule has 1 N–H and O–H groups in total. The Morgan fingerprint density at radius 3 is 2.18 bits per heavy atom. The molecule has 1 aromatic rings. The van der Waals surface area contributed by atoms with E-state index < -0.39 is 0 Å². The van der Waals surface area contributed by atoms with E-state index in [0.29, 0.717) is 6.04 Å². The van der Waals surface area contributed by atoms with Crippen LogP contribution in [0.25, 0.3) is 0 Å². The van der Waals surface area contributed by atoms with Crippen LogP contribution >= 0.6 is 11.6 Å². The first-order valence-corrected chi connectivity index (χ1v) is 6.85. The molecule has 2 heteroatoms. The minimum Gasteiger partial charge on any atom is -0.310 e. The Hall–Kier alpha value is -0.530. The van der Waals surface area contributed by atoms with Gasteiger partial charge in [0.25, 0.3) is 0 Å². The van der Waals surface area contributed by atoms with Crippen LogP contribution in [0.5, 0.6) is 0 Å². The highest BCUT2D eigenvalue weighted by Crippen LogP contribution is 2.17. The molecule has 96 valence electrons. The van der Waals surface area contributed by atoms with Crippen molar-refractivity contribution in [1.29, 1.82) is 0 Å². The highest BCUT2D eigenvalue weighted by molar-refractivity contribution is 6.30. The summed E-state index contributed by atoms with van der Waals surface area (Å²) in [4.78, 5) is 0. The maximum Gasteiger partial charge on any atom is 0.0406 e. The fraction of sp³-hybridized carbons (Fsp3) is 0.600. The first kappa shape index (κ1) is 14.5. The van der Waals surface area contributed by atoms with Crippen molar-refractivity contribution in [3.05, 3.63) is 34.9 Å². The molecular formula is C15H24ClN. The molecule has 0 aliphatic rings. The Labute approximate surface area is 111 Å². The molecule has 0 amide bonds. The number of rotatable bonds is 6. The van der Waals surface area contributed by atoms with Gasteiger partial charge in [0.1, 0.15) is 0 Å². The second kappa shape index (κ2) is 7.03. The third kappa shape index (κ3) is 5.56. The van der Waals surface area contributed by atoms with Crippen LogP contribution in [0.15, 0.2) is 24.3 Å². The van der Waals surface area contributed by atoms with Crippen molar-refractivity contribution in [3.63, 3.8) is 0 Å². The first-order chi connectivity index (χ1) is 7.99. The van der Waals surface area contributed by atoms with Gasteiger partial charge in [0.2, 0.25) is 0 Å². The number of benzene rings is 1. The van der Waals surface area contributed by atoms with Crippen LogP contribution in [0.2, 0.25) is 5.02 Å². The van der Waals surface area contributed by atoms with Crippen LogP contribution in [0.4, 0.5) is 0 Å². The van der Waals surface area contributed by atoms with Gasteiger partial charge in [-0.2, -0.15) is 0 Å². The van der Waals surface area contributed by atoms with E-state index in [4.69, 9.17) is 11.6 Å². The summed E-state index contributed by atoms with van der Waals surface area (Å²) in [6.07, 6.45) is 1.28. The highest BCUT2D eigenvalue weighted by atomic mass is 35.5. The molecule has 2 atom stereocenters. The summed E-state index contributed by atoms with van der Waals surface area (Å²) in [5.41, 5.74) is 1.30. The van der Waals surface area contributed by atoms with Gasteiger partial charge in [0, 0.05) is 11.1 Å². The summed E-state index contributed by atoms with van der Waals surface area (Å²) in [6, 6.07) is 8.47. The van der Waals surface area contributed by atoms with Gasteiger partial charge in [0.15, 0.2) is 0 Å². The zero-order valence-corrected chi connectivity index (χ0v) is 12.1. The molecule has 1 unspecified atom stereocenters. The summed E-state index contributed by atoms with van der Waals surface area (Å²) < 4.78 is 0. The van der Waals surface area contributed by atoms with E-state index in [-0.39, 0.29) is 0 Å². The van der Waals surface area contributed by atoms with Crippen LogP contribution in [0.3, 0.4) is 0 Å². The molecule has 0 bridgehead atoms. The number of hydrogen-bond donors (Lipinski definition) is 1. The Bertz CT molecular complexity index is 318. The van der Waals surface area contributed by atoms with Crippen LogP contribution in [-0.4, -0.2) is 6.54 Å². The molecule has 0 heterocycles. The summed E-state index contributed by atoms with van der Waals surface area (Å²) in [6.45, 7) is 10.1. The normalized spacial score (nSPS) is 14.9. The number of halogens is 1. The maximum absolute atomic E-state index is 5.88. The van der Waals surface area contributed by atoms with Crippen molar-refractivity contribution in [2.45, 2.75) is 40.2 Å². The molecule has 1 rings (SSSR count). The van der Waals surface area contributed by atoms with E-state index in [0.717, 1.165) is 23.4 Å². The monoisotopic (exact) mass is 253 g/mol. The van der Waals surface area contributed by atoms with Crippen LogP contribution in [-0.2, 0) is 0 Å². The minimum absolute atomic E-state index is 0.391. The van der Waals surface area contributed by atoms with Crippen molar-refractivity contribution in [2.75, 3.05) is 6.54 Å². The average molecular weight is 254 g/mol. The lowest BCUT2D eigenvalue weighted by Crippen LogP contribution is -2.25. The van der Waals surface area contributed by atoms with Crippen LogP contribution in [0, 0.1) is 11.8 Å². The van der Waals surface area contributed by atoms with Crippen molar-refractivity contribution in [2.24, 2.45) is 11.8 Å². The molecule has 0 radical (unpaired) electrons. The van der Waals surface area contributed by atoms with Gasteiger partial charge >= 0.3 is 0 Å². The molecule has 0 aliphatic heterocycles. The first-order valence-electron chi connectivity index (χ1n) is 6.48. The third-order valence-electron chi connectivity index (χ3n) is 3.02. The predicted octanol–water partition coefficient (Wildman–Crippen LogP) is 4.67. The van der Waals surface area contributed by atoms with Gasteiger partial charge in [-0.3, -0.25) is 0 Å². The molecule has 1 nitrogen and oxygen atoms in total. The maximum atomic E-state index is 5.88. The summed E-state index contributed by atoms with van der Waals surface area (Å²) >= 11 is 5.88. The molecule has 0 aliphatic carbocycles. The van der Waals surface area contributed by atoms with Gasteiger partial charge in [-0.25, -0.2) is 0 Å². The summed E-state index contributed by atoms with van der Waals surface area (Å²) in [7, 11) is 0. The average Bonchev–Trinajstić information content (AvgIpc) is 2.26. The van der Waals surface area contributed by atoms with E-state index in [1.54, 1.807) is 0 Å². The second-order valence-corrected chi connectivity index (χ2v) is 5.85. The molecule has 0 aromatic heterocycles. The molecular weight excluding hydrogens is 230 g/mol. The zero-order valence-electron chi connectivity index (χ0n) is 11.3. The second-order valence-electron chi connectivity index (χ2n) is 5.42. The standard InChI is InChI=1S/C15H24ClN/c1-11(2)9-12(3)10-17-13(4)14-5-7-15(16)8-6-14/h5-8,11-13,17H,9-10H2,1-4H3/t12?,13-/m1/s1. The molecule has 0 fully saturated rings. The van der Waals surface area contributed by atoms with Gasteiger partial charge in [0.05, 0.1) is 0 Å². The van der Waals surface area contributed by atoms with E-state index in [1.807, 2.05) is 12.1 Å². The van der Waals surface area contributed by atoms with Gasteiger partial charge in [-0.05, 0) is 49.4 Å². The topological polar surface area (TPSA) is 12.0 Å². The quantitative estimate of drug-likeness (QED) is 0.777. The number of hydrogen-bond acceptors (Lipinski definition) is 1. The third-order valence-corrected chi connectivity index (χ3v) is 3.27. The Morgan fingerprint density at radius 1 is 1.06 bits per heavy atom. The summed E-state index contributed by atoms with van der Waals surface area (Å²) in [5.74, 6) is 1.50. The zero-order chi connectivity index (χ0) is 12.8. The molecule has 17 heavy (non-hydrogen) atoms. The van der Waals surface area contributed by atoms with E-state index in [2.05, 4.69) is 45.1 Å². The molecule has 0 saturated carbocycles. The molecule has 1 aromatic carbocycles. The Morgan fingerprint density at radius 2 is 1.65 bits per heavy atom. The molecule has 0 spiro atoms. The lowest BCUT2D eigenvalue weighted by atomic mass is 9.98. The van der Waals surface area contributed by atoms with Crippen LogP contribution < -0.4 is 5.32 Å². The van der Waals surface area contributed by atoms with E-state index in [1.165, 1.54) is 12.0 Å². The van der Waals surface area contributed by atoms with E-state index >= 15 is 0 Å². The Kier molecular flexibility index (Phi) is 6.01. The fourth-order valence-corrected chi connectivity index (χ4v) is 2.26. The number of nitrogens with one attached hydrogen (secondary N) is 1. The lowest BCUT2D eigenvalue weighted by Gasteiger charge is -2.19. The summed E-state index contributed by atoms with van der Waals surface area (Å²) in [5, 5.41) is 4.38. The largest absolute Gasteiger partial charge is 0.310 e. The SMILES string of the molecule is CC(C)CC(C)CN[C@H](C)c1ccc(Cl)cc1. The van der Waals surface area contributed by atoms with Crippen molar-refractivity contribution in [1.82, 2.24) is 5.32 Å². The van der Waals surface area contributed by atoms with E-state index in [9.17, 15) is 0 Å². The smallest absolute Gasteiger partial charge is 0.0406 e. The fourth-order valence-electron chi connectivity index (χ4n) is 2.14. The highest BCUT2D eigenvalue weighted by Gasteiger charge is 2.08. The predicted molar refractivity (Wildman–Crippen MR) is 76.5 cm³/mol. The van der Waals surface area contributed by atoms with Crippen LogP contribution in [0.1, 0.15) is 45.7 Å². The molecule has 0 saturated heterocycles. The van der Waals surface area contributed by atoms with Crippen molar-refractivity contribution >= 4 is 11.6 Å². The van der Waals surface area contributed by atoms with Crippen molar-refractivity contribution in [3.8, 4) is 0 Å². The van der Waals surface area contributed by atoms with Gasteiger partial charge < -0.3 is 5.32 Å².